The van der Waals surface area contributed by atoms with Crippen molar-refractivity contribution in [1.82, 2.24) is 14.9 Å². The van der Waals surface area contributed by atoms with Crippen LogP contribution in [0.2, 0.25) is 0 Å². The van der Waals surface area contributed by atoms with Gasteiger partial charge in [-0.25, -0.2) is 4.68 Å². The molecule has 1 fully saturated rings. The molecule has 1 saturated carbocycles. The first kappa shape index (κ1) is 11.4. The fourth-order valence-electron chi connectivity index (χ4n) is 2.76. The van der Waals surface area contributed by atoms with Crippen molar-refractivity contribution in [2.24, 2.45) is 5.92 Å². The SMILES string of the molecule is CC1CSc2nnc(CC3CCCCC3)n2N1. The lowest BCUT2D eigenvalue weighted by molar-refractivity contribution is 0.348. The van der Waals surface area contributed by atoms with Gasteiger partial charge in [0.05, 0.1) is 0 Å². The number of rotatable bonds is 2. The summed E-state index contributed by atoms with van der Waals surface area (Å²) < 4.78 is 2.12. The Bertz CT molecular complexity index is 384. The molecule has 1 unspecified atom stereocenters. The van der Waals surface area contributed by atoms with E-state index in [2.05, 4.69) is 27.2 Å². The van der Waals surface area contributed by atoms with Crippen LogP contribution in [0.5, 0.6) is 0 Å². The van der Waals surface area contributed by atoms with E-state index >= 15 is 0 Å². The van der Waals surface area contributed by atoms with Crippen molar-refractivity contribution in [1.29, 1.82) is 0 Å². The van der Waals surface area contributed by atoms with E-state index in [1.165, 1.54) is 32.1 Å². The highest BCUT2D eigenvalue weighted by molar-refractivity contribution is 7.99. The normalized spacial score (nSPS) is 25.4. The molecule has 1 aromatic heterocycles. The Labute approximate surface area is 107 Å². The van der Waals surface area contributed by atoms with Gasteiger partial charge >= 0.3 is 0 Å². The van der Waals surface area contributed by atoms with Gasteiger partial charge in [0.2, 0.25) is 5.16 Å². The van der Waals surface area contributed by atoms with Crippen molar-refractivity contribution in [2.75, 3.05) is 11.2 Å². The molecule has 0 amide bonds. The van der Waals surface area contributed by atoms with Gasteiger partial charge in [0.1, 0.15) is 0 Å². The van der Waals surface area contributed by atoms with Crippen LogP contribution >= 0.6 is 11.8 Å². The molecule has 0 radical (unpaired) electrons. The fraction of sp³-hybridized carbons (Fsp3) is 0.833. The number of nitrogens with one attached hydrogen (secondary N) is 1. The molecule has 5 heteroatoms. The van der Waals surface area contributed by atoms with Gasteiger partial charge in [-0.05, 0) is 12.8 Å². The third kappa shape index (κ3) is 2.44. The summed E-state index contributed by atoms with van der Waals surface area (Å²) in [6, 6.07) is 0.508. The molecule has 0 spiro atoms. The first-order chi connectivity index (χ1) is 8.33. The number of fused-ring (bicyclic) bond motifs is 1. The highest BCUT2D eigenvalue weighted by Crippen LogP contribution is 2.28. The minimum absolute atomic E-state index is 0.508. The second kappa shape index (κ2) is 4.88. The van der Waals surface area contributed by atoms with Crippen LogP contribution in [0.1, 0.15) is 44.9 Å². The maximum absolute atomic E-state index is 4.36. The largest absolute Gasteiger partial charge is 0.319 e. The second-order valence-electron chi connectivity index (χ2n) is 5.28. The Morgan fingerprint density at radius 1 is 1.29 bits per heavy atom. The molecule has 1 aliphatic heterocycles. The number of thioether (sulfide) groups is 1. The molecule has 2 heterocycles. The minimum Gasteiger partial charge on any atom is -0.319 e. The summed E-state index contributed by atoms with van der Waals surface area (Å²) in [5, 5.41) is 9.66. The summed E-state index contributed by atoms with van der Waals surface area (Å²) in [6.45, 7) is 2.21. The first-order valence-electron chi connectivity index (χ1n) is 6.66. The van der Waals surface area contributed by atoms with E-state index in [0.717, 1.165) is 29.1 Å². The van der Waals surface area contributed by atoms with E-state index in [4.69, 9.17) is 0 Å². The fourth-order valence-corrected chi connectivity index (χ4v) is 3.62. The summed E-state index contributed by atoms with van der Waals surface area (Å²) in [5.74, 6) is 3.04. The number of nitrogens with zero attached hydrogens (tertiary/aromatic N) is 3. The molecule has 0 saturated heterocycles. The van der Waals surface area contributed by atoms with Crippen molar-refractivity contribution in [3.05, 3.63) is 5.82 Å². The smallest absolute Gasteiger partial charge is 0.210 e. The van der Waals surface area contributed by atoms with Gasteiger partial charge in [-0.1, -0.05) is 43.9 Å². The lowest BCUT2D eigenvalue weighted by atomic mass is 9.87. The number of hydrogen-bond donors (Lipinski definition) is 1. The monoisotopic (exact) mass is 252 g/mol. The molecule has 1 atom stereocenters. The zero-order valence-electron chi connectivity index (χ0n) is 10.4. The highest BCUT2D eigenvalue weighted by atomic mass is 32.2. The Morgan fingerprint density at radius 3 is 2.94 bits per heavy atom. The minimum atomic E-state index is 0.508. The van der Waals surface area contributed by atoms with Gasteiger partial charge in [-0.15, -0.1) is 10.2 Å². The first-order valence-corrected chi connectivity index (χ1v) is 7.65. The van der Waals surface area contributed by atoms with E-state index in [9.17, 15) is 0 Å². The maximum Gasteiger partial charge on any atom is 0.210 e. The van der Waals surface area contributed by atoms with Gasteiger partial charge in [0.15, 0.2) is 5.82 Å². The van der Waals surface area contributed by atoms with Crippen LogP contribution in [0.25, 0.3) is 0 Å². The summed E-state index contributed by atoms with van der Waals surface area (Å²) in [4.78, 5) is 0. The summed E-state index contributed by atoms with van der Waals surface area (Å²) in [7, 11) is 0. The van der Waals surface area contributed by atoms with Gasteiger partial charge in [-0.2, -0.15) is 0 Å². The van der Waals surface area contributed by atoms with Crippen LogP contribution in [0.4, 0.5) is 0 Å². The predicted molar refractivity (Wildman–Crippen MR) is 69.8 cm³/mol. The van der Waals surface area contributed by atoms with E-state index < -0.39 is 0 Å². The Morgan fingerprint density at radius 2 is 2.12 bits per heavy atom. The molecule has 4 nitrogen and oxygen atoms in total. The molecule has 0 aromatic carbocycles. The summed E-state index contributed by atoms with van der Waals surface area (Å²) in [6.07, 6.45) is 8.02. The topological polar surface area (TPSA) is 42.7 Å². The summed E-state index contributed by atoms with van der Waals surface area (Å²) in [5.41, 5.74) is 3.47. The van der Waals surface area contributed by atoms with Crippen molar-refractivity contribution in [2.45, 2.75) is 56.6 Å². The lowest BCUT2D eigenvalue weighted by Crippen LogP contribution is -2.33. The van der Waals surface area contributed by atoms with Crippen LogP contribution < -0.4 is 5.43 Å². The van der Waals surface area contributed by atoms with Gasteiger partial charge in [0, 0.05) is 18.2 Å². The van der Waals surface area contributed by atoms with Gasteiger partial charge in [-0.3, -0.25) is 0 Å². The lowest BCUT2D eigenvalue weighted by Gasteiger charge is -2.25. The standard InChI is InChI=1S/C12H20N4S/c1-9-8-17-12-14-13-11(16(12)15-9)7-10-5-3-2-4-6-10/h9-10,15H,2-8H2,1H3. The third-order valence-corrected chi connectivity index (χ3v) is 4.90. The van der Waals surface area contributed by atoms with Crippen LogP contribution in [-0.2, 0) is 6.42 Å². The molecule has 94 valence electrons. The summed E-state index contributed by atoms with van der Waals surface area (Å²) >= 11 is 1.81. The van der Waals surface area contributed by atoms with Crippen molar-refractivity contribution in [3.63, 3.8) is 0 Å². The number of hydrogen-bond acceptors (Lipinski definition) is 4. The molecule has 1 aromatic rings. The van der Waals surface area contributed by atoms with Gasteiger partial charge < -0.3 is 5.43 Å². The molecule has 2 aliphatic rings. The van der Waals surface area contributed by atoms with Crippen LogP contribution in [0.3, 0.4) is 0 Å². The van der Waals surface area contributed by atoms with Crippen LogP contribution in [0, 0.1) is 5.92 Å². The van der Waals surface area contributed by atoms with Crippen LogP contribution in [0.15, 0.2) is 5.16 Å². The zero-order chi connectivity index (χ0) is 11.7. The maximum atomic E-state index is 4.36. The quantitative estimate of drug-likeness (QED) is 0.878. The van der Waals surface area contributed by atoms with Crippen molar-refractivity contribution in [3.8, 4) is 0 Å². The predicted octanol–water partition coefficient (Wildman–Crippen LogP) is 2.44. The molecule has 1 aliphatic carbocycles. The average Bonchev–Trinajstić information content (AvgIpc) is 2.73. The Kier molecular flexibility index (Phi) is 3.27. The van der Waals surface area contributed by atoms with E-state index in [-0.39, 0.29) is 0 Å². The molecular weight excluding hydrogens is 232 g/mol. The molecule has 1 N–H and O–H groups in total. The second-order valence-corrected chi connectivity index (χ2v) is 6.27. The van der Waals surface area contributed by atoms with Crippen molar-refractivity contribution < 1.29 is 0 Å². The molecular formula is C12H20N4S. The Hall–Kier alpha value is -0.710. The third-order valence-electron chi connectivity index (χ3n) is 3.71. The molecule has 17 heavy (non-hydrogen) atoms. The Balaban J connectivity index is 1.72. The van der Waals surface area contributed by atoms with Gasteiger partial charge in [0.25, 0.3) is 0 Å². The average molecular weight is 252 g/mol. The van der Waals surface area contributed by atoms with Crippen LogP contribution in [-0.4, -0.2) is 26.7 Å². The molecule has 0 bridgehead atoms. The van der Waals surface area contributed by atoms with E-state index in [1.54, 1.807) is 11.8 Å². The van der Waals surface area contributed by atoms with E-state index in [1.807, 2.05) is 0 Å². The molecule has 3 rings (SSSR count). The van der Waals surface area contributed by atoms with E-state index in [0.29, 0.717) is 6.04 Å². The zero-order valence-corrected chi connectivity index (χ0v) is 11.2. The van der Waals surface area contributed by atoms with Crippen molar-refractivity contribution >= 4 is 11.8 Å². The highest BCUT2D eigenvalue weighted by Gasteiger charge is 2.23. The number of aromatic nitrogens is 3.